The van der Waals surface area contributed by atoms with E-state index in [0.717, 1.165) is 36.6 Å². The lowest BCUT2D eigenvalue weighted by atomic mass is 9.92. The summed E-state index contributed by atoms with van der Waals surface area (Å²) in [5.41, 5.74) is 0.908. The Morgan fingerprint density at radius 3 is 2.56 bits per heavy atom. The first-order valence-corrected chi connectivity index (χ1v) is 12.4. The summed E-state index contributed by atoms with van der Waals surface area (Å²) in [6, 6.07) is 14.9. The van der Waals surface area contributed by atoms with Crippen molar-refractivity contribution < 1.29 is 14.3 Å². The molecule has 5 rings (SSSR count). The van der Waals surface area contributed by atoms with Crippen molar-refractivity contribution in [3.63, 3.8) is 0 Å². The summed E-state index contributed by atoms with van der Waals surface area (Å²) in [6.45, 7) is 2.18. The third-order valence-electron chi connectivity index (χ3n) is 7.24. The van der Waals surface area contributed by atoms with Crippen LogP contribution in [0.5, 0.6) is 5.75 Å². The van der Waals surface area contributed by atoms with E-state index >= 15 is 0 Å². The number of anilines is 1. The van der Waals surface area contributed by atoms with Crippen LogP contribution in [0.15, 0.2) is 48.5 Å². The number of hydrogen-bond donors (Lipinski definition) is 1. The molecule has 2 amide bonds. The second-order valence-electron chi connectivity index (χ2n) is 9.60. The first-order valence-electron chi connectivity index (χ1n) is 12.0. The lowest BCUT2D eigenvalue weighted by molar-refractivity contribution is -0.127. The van der Waals surface area contributed by atoms with Crippen LogP contribution in [0.1, 0.15) is 55.9 Å². The molecular formula is C27H30ClN3O3. The van der Waals surface area contributed by atoms with Gasteiger partial charge in [0, 0.05) is 28.2 Å². The molecule has 2 aliphatic rings. The van der Waals surface area contributed by atoms with Crippen molar-refractivity contribution >= 4 is 40.0 Å². The molecule has 1 aliphatic heterocycles. The van der Waals surface area contributed by atoms with Crippen LogP contribution < -0.4 is 15.0 Å². The van der Waals surface area contributed by atoms with Crippen molar-refractivity contribution in [3.8, 4) is 5.75 Å². The van der Waals surface area contributed by atoms with E-state index in [0.29, 0.717) is 28.7 Å². The molecule has 3 aromatic rings. The highest BCUT2D eigenvalue weighted by molar-refractivity contribution is 6.31. The van der Waals surface area contributed by atoms with Gasteiger partial charge < -0.3 is 14.6 Å². The quantitative estimate of drug-likeness (QED) is 0.498. The van der Waals surface area contributed by atoms with E-state index in [9.17, 15) is 9.59 Å². The van der Waals surface area contributed by atoms with Crippen molar-refractivity contribution in [1.29, 1.82) is 0 Å². The standard InChI is InChI=1S/C27H30ClN3O3/c1-27(26(33)29-20-9-5-3-4-6-10-20)17-30-23-16-22(34-2)13-12-18(23)14-24(30)25(32)31(27)21-11-7-8-19(28)15-21/h7-8,11-16,20H,3-6,9-10,17H2,1-2H3,(H,29,33)/t27-/m0/s1. The zero-order valence-electron chi connectivity index (χ0n) is 19.6. The van der Waals surface area contributed by atoms with Gasteiger partial charge in [-0.15, -0.1) is 0 Å². The summed E-state index contributed by atoms with van der Waals surface area (Å²) in [6.07, 6.45) is 6.59. The molecule has 1 N–H and O–H groups in total. The highest BCUT2D eigenvalue weighted by Gasteiger charge is 2.49. The number of aromatic nitrogens is 1. The van der Waals surface area contributed by atoms with Crippen molar-refractivity contribution in [3.05, 3.63) is 59.2 Å². The zero-order chi connectivity index (χ0) is 23.9. The van der Waals surface area contributed by atoms with Crippen LogP contribution in [0.4, 0.5) is 5.69 Å². The molecule has 1 aromatic heterocycles. The second kappa shape index (κ2) is 8.99. The molecule has 1 aliphatic carbocycles. The minimum absolute atomic E-state index is 0.131. The van der Waals surface area contributed by atoms with Crippen LogP contribution in [0, 0.1) is 0 Å². The molecule has 1 saturated carbocycles. The van der Waals surface area contributed by atoms with Gasteiger partial charge in [-0.05, 0) is 56.2 Å². The molecule has 7 heteroatoms. The predicted octanol–water partition coefficient (Wildman–Crippen LogP) is 5.56. The molecule has 0 unspecified atom stereocenters. The number of carbonyl (C=O) groups is 2. The molecule has 0 bridgehead atoms. The van der Waals surface area contributed by atoms with Crippen LogP contribution in [-0.2, 0) is 11.3 Å². The number of rotatable bonds is 4. The summed E-state index contributed by atoms with van der Waals surface area (Å²) in [7, 11) is 1.62. The lowest BCUT2D eigenvalue weighted by Gasteiger charge is -2.44. The molecule has 2 aromatic carbocycles. The molecular weight excluding hydrogens is 450 g/mol. The fourth-order valence-corrected chi connectivity index (χ4v) is 5.57. The number of benzene rings is 2. The van der Waals surface area contributed by atoms with Gasteiger partial charge in [0.1, 0.15) is 17.0 Å². The molecule has 178 valence electrons. The normalized spacial score (nSPS) is 21.3. The predicted molar refractivity (Wildman–Crippen MR) is 135 cm³/mol. The number of methoxy groups -OCH3 is 1. The van der Waals surface area contributed by atoms with Crippen molar-refractivity contribution in [2.75, 3.05) is 12.0 Å². The molecule has 0 saturated heterocycles. The summed E-state index contributed by atoms with van der Waals surface area (Å²) in [5.74, 6) is 0.355. The average Bonchev–Trinajstić information content (AvgIpc) is 2.98. The highest BCUT2D eigenvalue weighted by atomic mass is 35.5. The van der Waals surface area contributed by atoms with E-state index in [1.807, 2.05) is 47.9 Å². The summed E-state index contributed by atoms with van der Waals surface area (Å²) in [5, 5.41) is 4.75. The van der Waals surface area contributed by atoms with Crippen molar-refractivity contribution in [2.24, 2.45) is 0 Å². The number of amides is 2. The Kier molecular flexibility index (Phi) is 6.02. The van der Waals surface area contributed by atoms with Gasteiger partial charge in [0.15, 0.2) is 0 Å². The first-order chi connectivity index (χ1) is 16.4. The van der Waals surface area contributed by atoms with Crippen LogP contribution in [0.3, 0.4) is 0 Å². The van der Waals surface area contributed by atoms with Gasteiger partial charge in [0.05, 0.1) is 19.2 Å². The largest absolute Gasteiger partial charge is 0.497 e. The molecule has 2 heterocycles. The van der Waals surface area contributed by atoms with Gasteiger partial charge >= 0.3 is 0 Å². The molecule has 0 spiro atoms. The summed E-state index contributed by atoms with van der Waals surface area (Å²) < 4.78 is 7.37. The second-order valence-corrected chi connectivity index (χ2v) is 10.0. The average molecular weight is 480 g/mol. The summed E-state index contributed by atoms with van der Waals surface area (Å²) in [4.78, 5) is 29.5. The van der Waals surface area contributed by atoms with Crippen LogP contribution in [-0.4, -0.2) is 35.1 Å². The van der Waals surface area contributed by atoms with Crippen molar-refractivity contribution in [2.45, 2.75) is 63.6 Å². The number of hydrogen-bond acceptors (Lipinski definition) is 3. The van der Waals surface area contributed by atoms with Crippen LogP contribution >= 0.6 is 11.6 Å². The van der Waals surface area contributed by atoms with E-state index in [-0.39, 0.29) is 17.9 Å². The van der Waals surface area contributed by atoms with Crippen LogP contribution in [0.25, 0.3) is 10.9 Å². The maximum atomic E-state index is 14.0. The SMILES string of the molecule is COc1ccc2cc3n(c2c1)C[C@@](C)(C(=O)NC1CCCCCC1)N(c1cccc(Cl)c1)C3=O. The Hall–Kier alpha value is -2.99. The van der Waals surface area contributed by atoms with Gasteiger partial charge in [0.25, 0.3) is 5.91 Å². The van der Waals surface area contributed by atoms with Gasteiger partial charge in [-0.25, -0.2) is 0 Å². The maximum Gasteiger partial charge on any atom is 0.275 e. The van der Waals surface area contributed by atoms with E-state index in [1.54, 1.807) is 24.1 Å². The number of carbonyl (C=O) groups excluding carboxylic acids is 2. The third kappa shape index (κ3) is 3.94. The van der Waals surface area contributed by atoms with Gasteiger partial charge in [-0.3, -0.25) is 14.5 Å². The minimum atomic E-state index is -1.13. The molecule has 1 fully saturated rings. The van der Waals surface area contributed by atoms with E-state index in [2.05, 4.69) is 5.32 Å². The van der Waals surface area contributed by atoms with E-state index < -0.39 is 5.54 Å². The number of ether oxygens (including phenoxy) is 1. The topological polar surface area (TPSA) is 63.6 Å². The number of halogens is 1. The highest BCUT2D eigenvalue weighted by Crippen LogP contribution is 2.37. The zero-order valence-corrected chi connectivity index (χ0v) is 20.4. The maximum absolute atomic E-state index is 14.0. The number of nitrogens with one attached hydrogen (secondary N) is 1. The Labute approximate surface area is 204 Å². The van der Waals surface area contributed by atoms with Gasteiger partial charge in [0.2, 0.25) is 5.91 Å². The molecule has 1 atom stereocenters. The van der Waals surface area contributed by atoms with E-state index in [4.69, 9.17) is 16.3 Å². The minimum Gasteiger partial charge on any atom is -0.497 e. The Morgan fingerprint density at radius 2 is 1.85 bits per heavy atom. The number of fused-ring (bicyclic) bond motifs is 3. The molecule has 0 radical (unpaired) electrons. The fourth-order valence-electron chi connectivity index (χ4n) is 5.38. The summed E-state index contributed by atoms with van der Waals surface area (Å²) >= 11 is 6.30. The van der Waals surface area contributed by atoms with Gasteiger partial charge in [-0.2, -0.15) is 0 Å². The lowest BCUT2D eigenvalue weighted by Crippen LogP contribution is -2.65. The molecule has 34 heavy (non-hydrogen) atoms. The molecule has 6 nitrogen and oxygen atoms in total. The Morgan fingerprint density at radius 1 is 1.09 bits per heavy atom. The van der Waals surface area contributed by atoms with Crippen LogP contribution in [0.2, 0.25) is 5.02 Å². The monoisotopic (exact) mass is 479 g/mol. The first kappa shape index (κ1) is 22.8. The third-order valence-corrected chi connectivity index (χ3v) is 7.47. The number of nitrogens with zero attached hydrogens (tertiary/aromatic N) is 2. The van der Waals surface area contributed by atoms with Gasteiger partial charge in [-0.1, -0.05) is 43.4 Å². The smallest absolute Gasteiger partial charge is 0.275 e. The fraction of sp³-hybridized carbons (Fsp3) is 0.407. The Bertz CT molecular complexity index is 1250. The Balaban J connectivity index is 1.61. The van der Waals surface area contributed by atoms with Crippen molar-refractivity contribution in [1.82, 2.24) is 9.88 Å². The van der Waals surface area contributed by atoms with E-state index in [1.165, 1.54) is 12.8 Å².